The molecule has 16 nitrogen and oxygen atoms in total. The molecule has 6 amide bonds. The zero-order valence-corrected chi connectivity index (χ0v) is 31.1. The van der Waals surface area contributed by atoms with Crippen molar-refractivity contribution in [1.29, 1.82) is 0 Å². The summed E-state index contributed by atoms with van der Waals surface area (Å²) in [5, 5.41) is 11.4. The summed E-state index contributed by atoms with van der Waals surface area (Å²) < 4.78 is 1.86. The van der Waals surface area contributed by atoms with Crippen molar-refractivity contribution in [2.24, 2.45) is 41.1 Å². The second kappa shape index (κ2) is 20.3. The summed E-state index contributed by atoms with van der Waals surface area (Å²) in [5.74, 6) is -3.34. The van der Waals surface area contributed by atoms with E-state index in [-0.39, 0.29) is 43.1 Å². The van der Waals surface area contributed by atoms with Gasteiger partial charge in [0.25, 0.3) is 0 Å². The number of amides is 6. The SMILES string of the molecule is CC(=O)N[C@@H](Cc1cc[n+](C)cc1)C(=O)N[C@H](C(=O)N[C@@H](CCCN=C(N)N)C(=O)N[C@@H](CC(C)C)C(=O)N1CCC[C@H]1C(N)=O)C1CCCCC1. The second-order valence-corrected chi connectivity index (χ2v) is 14.5. The first-order valence-electron chi connectivity index (χ1n) is 18.4. The van der Waals surface area contributed by atoms with Gasteiger partial charge in [-0.05, 0) is 62.3 Å². The summed E-state index contributed by atoms with van der Waals surface area (Å²) >= 11 is 0. The monoisotopic (exact) mass is 727 g/mol. The average Bonchev–Trinajstić information content (AvgIpc) is 3.59. The molecule has 1 saturated heterocycles. The van der Waals surface area contributed by atoms with Crippen LogP contribution in [0.15, 0.2) is 29.5 Å². The summed E-state index contributed by atoms with van der Waals surface area (Å²) in [6.07, 6.45) is 9.88. The third kappa shape index (κ3) is 13.1. The average molecular weight is 728 g/mol. The highest BCUT2D eigenvalue weighted by Gasteiger charge is 2.39. The molecular weight excluding hydrogens is 668 g/mol. The van der Waals surface area contributed by atoms with Crippen LogP contribution < -0.4 is 43.0 Å². The van der Waals surface area contributed by atoms with Gasteiger partial charge in [-0.2, -0.15) is 0 Å². The number of rotatable bonds is 18. The molecule has 0 unspecified atom stereocenters. The molecule has 2 aliphatic rings. The van der Waals surface area contributed by atoms with Crippen LogP contribution in [0, 0.1) is 11.8 Å². The van der Waals surface area contributed by atoms with Crippen LogP contribution in [0.25, 0.3) is 0 Å². The van der Waals surface area contributed by atoms with Crippen LogP contribution in [-0.2, 0) is 42.2 Å². The molecule has 52 heavy (non-hydrogen) atoms. The molecule has 10 N–H and O–H groups in total. The summed E-state index contributed by atoms with van der Waals surface area (Å²) in [5.41, 5.74) is 17.4. The zero-order chi connectivity index (χ0) is 38.4. The molecule has 288 valence electrons. The number of nitrogens with one attached hydrogen (secondary N) is 4. The molecule has 1 saturated carbocycles. The fourth-order valence-corrected chi connectivity index (χ4v) is 7.00. The van der Waals surface area contributed by atoms with Crippen LogP contribution in [0.2, 0.25) is 0 Å². The molecule has 3 rings (SSSR count). The Labute approximate surface area is 306 Å². The van der Waals surface area contributed by atoms with Gasteiger partial charge in [0.15, 0.2) is 18.4 Å². The number of aromatic nitrogens is 1. The Hall–Kier alpha value is -4.76. The van der Waals surface area contributed by atoms with Gasteiger partial charge >= 0.3 is 0 Å². The number of hydrogen-bond acceptors (Lipinski definition) is 7. The van der Waals surface area contributed by atoms with Crippen LogP contribution in [0.5, 0.6) is 0 Å². The quantitative estimate of drug-likeness (QED) is 0.0434. The number of carbonyl (C=O) groups is 6. The van der Waals surface area contributed by atoms with E-state index < -0.39 is 59.7 Å². The third-order valence-corrected chi connectivity index (χ3v) is 9.65. The summed E-state index contributed by atoms with van der Waals surface area (Å²) in [4.78, 5) is 85.4. The molecule has 0 radical (unpaired) electrons. The minimum absolute atomic E-state index is 0.0138. The molecule has 0 spiro atoms. The predicted molar refractivity (Wildman–Crippen MR) is 195 cm³/mol. The predicted octanol–water partition coefficient (Wildman–Crippen LogP) is -0.831. The van der Waals surface area contributed by atoms with E-state index in [9.17, 15) is 28.8 Å². The normalized spacial score (nSPS) is 18.4. The van der Waals surface area contributed by atoms with Gasteiger partial charge < -0.3 is 43.4 Å². The van der Waals surface area contributed by atoms with Crippen molar-refractivity contribution in [3.05, 3.63) is 30.1 Å². The van der Waals surface area contributed by atoms with Crippen LogP contribution >= 0.6 is 0 Å². The first kappa shape index (κ1) is 41.7. The fraction of sp³-hybridized carbons (Fsp3) is 0.667. The highest BCUT2D eigenvalue weighted by Crippen LogP contribution is 2.27. The Morgan fingerprint density at radius 1 is 0.846 bits per heavy atom. The van der Waals surface area contributed by atoms with Gasteiger partial charge in [0.1, 0.15) is 37.3 Å². The van der Waals surface area contributed by atoms with E-state index in [1.807, 2.05) is 50.0 Å². The van der Waals surface area contributed by atoms with Gasteiger partial charge in [-0.1, -0.05) is 33.1 Å². The molecular formula is C36H59N10O6+. The summed E-state index contributed by atoms with van der Waals surface area (Å²) in [6, 6.07) is -1.03. The van der Waals surface area contributed by atoms with Crippen molar-refractivity contribution < 1.29 is 33.3 Å². The number of aliphatic imine (C=N–C) groups is 1. The first-order valence-corrected chi connectivity index (χ1v) is 18.4. The number of guanidine groups is 1. The summed E-state index contributed by atoms with van der Waals surface area (Å²) in [7, 11) is 1.87. The number of hydrogen-bond donors (Lipinski definition) is 7. The number of aryl methyl sites for hydroxylation is 1. The Kier molecular flexibility index (Phi) is 16.3. The minimum Gasteiger partial charge on any atom is -0.370 e. The van der Waals surface area contributed by atoms with E-state index >= 15 is 0 Å². The lowest BCUT2D eigenvalue weighted by molar-refractivity contribution is -0.671. The van der Waals surface area contributed by atoms with Crippen molar-refractivity contribution in [3.63, 3.8) is 0 Å². The standard InChI is InChI=1S/C36H58N10O6/c1-22(2)20-28(35(52)46-17-9-13-29(46)31(37)48)43-32(49)26(12-8-16-40-36(38)39)42-34(51)30(25-10-6-5-7-11-25)44-33(50)27(41-23(3)47)21-24-14-18-45(4)19-15-24/h14-15,18-19,22,25-30H,5-13,16-17,20-21H2,1-4H3,(H9-,37,38,39,40,41,42,43,44,47,48,49,50,51)/p+1/t26-,27-,28-,29-,30-/m0/s1. The molecule has 0 aromatic carbocycles. The molecule has 2 fully saturated rings. The van der Waals surface area contributed by atoms with Gasteiger partial charge in [-0.3, -0.25) is 33.8 Å². The lowest BCUT2D eigenvalue weighted by atomic mass is 9.83. The number of carbonyl (C=O) groups excluding carboxylic acids is 6. The fourth-order valence-electron chi connectivity index (χ4n) is 7.00. The third-order valence-electron chi connectivity index (χ3n) is 9.65. The van der Waals surface area contributed by atoms with Crippen molar-refractivity contribution in [2.45, 2.75) is 122 Å². The van der Waals surface area contributed by atoms with Crippen molar-refractivity contribution in [1.82, 2.24) is 26.2 Å². The molecule has 5 atom stereocenters. The first-order chi connectivity index (χ1) is 24.7. The van der Waals surface area contributed by atoms with Crippen molar-refractivity contribution in [3.8, 4) is 0 Å². The maximum absolute atomic E-state index is 14.2. The molecule has 1 aliphatic carbocycles. The van der Waals surface area contributed by atoms with Crippen LogP contribution in [0.4, 0.5) is 0 Å². The van der Waals surface area contributed by atoms with E-state index in [0.29, 0.717) is 45.1 Å². The Bertz CT molecular complexity index is 1420. The van der Waals surface area contributed by atoms with Gasteiger partial charge in [0.2, 0.25) is 35.4 Å². The van der Waals surface area contributed by atoms with Crippen LogP contribution in [0.1, 0.15) is 90.5 Å². The van der Waals surface area contributed by atoms with Crippen molar-refractivity contribution in [2.75, 3.05) is 13.1 Å². The maximum Gasteiger partial charge on any atom is 0.245 e. The van der Waals surface area contributed by atoms with E-state index in [1.54, 1.807) is 0 Å². The number of pyridine rings is 1. The minimum atomic E-state index is -1.10. The van der Waals surface area contributed by atoms with E-state index in [0.717, 1.165) is 24.8 Å². The topological polar surface area (TPSA) is 248 Å². The lowest BCUT2D eigenvalue weighted by Gasteiger charge is -2.33. The van der Waals surface area contributed by atoms with Crippen LogP contribution in [-0.4, -0.2) is 89.6 Å². The number of nitrogens with zero attached hydrogens (tertiary/aromatic N) is 3. The summed E-state index contributed by atoms with van der Waals surface area (Å²) in [6.45, 7) is 5.71. The van der Waals surface area contributed by atoms with E-state index in [2.05, 4.69) is 26.3 Å². The molecule has 1 aliphatic heterocycles. The van der Waals surface area contributed by atoms with Crippen molar-refractivity contribution >= 4 is 41.4 Å². The largest absolute Gasteiger partial charge is 0.370 e. The van der Waals surface area contributed by atoms with E-state index in [4.69, 9.17) is 17.2 Å². The van der Waals surface area contributed by atoms with Gasteiger partial charge in [0, 0.05) is 38.6 Å². The molecule has 0 bridgehead atoms. The van der Waals surface area contributed by atoms with Crippen LogP contribution in [0.3, 0.4) is 0 Å². The molecule has 2 heterocycles. The molecule has 16 heteroatoms. The zero-order valence-electron chi connectivity index (χ0n) is 31.1. The smallest absolute Gasteiger partial charge is 0.245 e. The van der Waals surface area contributed by atoms with Gasteiger partial charge in [-0.25, -0.2) is 4.57 Å². The number of primary amides is 1. The highest BCUT2D eigenvalue weighted by atomic mass is 16.2. The number of likely N-dealkylation sites (tertiary alicyclic amines) is 1. The highest BCUT2D eigenvalue weighted by molar-refractivity contribution is 5.96. The Balaban J connectivity index is 1.87. The number of nitrogens with two attached hydrogens (primary N) is 3. The van der Waals surface area contributed by atoms with Gasteiger partial charge in [-0.15, -0.1) is 0 Å². The molecule has 1 aromatic heterocycles. The second-order valence-electron chi connectivity index (χ2n) is 14.5. The Morgan fingerprint density at radius 3 is 2.08 bits per heavy atom. The lowest BCUT2D eigenvalue weighted by Crippen LogP contribution is -2.60. The molecule has 1 aromatic rings. The maximum atomic E-state index is 14.2. The Morgan fingerprint density at radius 2 is 1.48 bits per heavy atom. The van der Waals surface area contributed by atoms with Gasteiger partial charge in [0.05, 0.1) is 0 Å². The van der Waals surface area contributed by atoms with E-state index in [1.165, 1.54) is 11.8 Å².